The summed E-state index contributed by atoms with van der Waals surface area (Å²) in [6.07, 6.45) is 77.4. The minimum absolute atomic E-state index is 0.0577. The molecule has 78 heavy (non-hydrogen) atoms. The van der Waals surface area contributed by atoms with Crippen LogP contribution in [0.3, 0.4) is 0 Å². The van der Waals surface area contributed by atoms with Crippen LogP contribution in [0.4, 0.5) is 0 Å². The lowest BCUT2D eigenvalue weighted by atomic mass is 10.0. The minimum atomic E-state index is -4.39. The zero-order chi connectivity index (χ0) is 56.6. The monoisotopic (exact) mass is 1120 g/mol. The van der Waals surface area contributed by atoms with E-state index >= 15 is 0 Å². The summed E-state index contributed by atoms with van der Waals surface area (Å²) in [6, 6.07) is 0. The molecule has 0 aliphatic rings. The predicted octanol–water partition coefficient (Wildman–Crippen LogP) is 22.4. The van der Waals surface area contributed by atoms with Crippen molar-refractivity contribution in [2.75, 3.05) is 26.4 Å². The van der Waals surface area contributed by atoms with Crippen molar-refractivity contribution in [1.29, 1.82) is 0 Å². The zero-order valence-electron chi connectivity index (χ0n) is 52.2. The van der Waals surface area contributed by atoms with Gasteiger partial charge < -0.3 is 20.1 Å². The van der Waals surface area contributed by atoms with Crippen LogP contribution in [0.1, 0.15) is 380 Å². The van der Waals surface area contributed by atoms with Crippen LogP contribution in [-0.4, -0.2) is 49.3 Å². The predicted molar refractivity (Wildman–Crippen MR) is 335 cm³/mol. The van der Waals surface area contributed by atoms with Gasteiger partial charge in [0.15, 0.2) is 6.10 Å². The molecule has 464 valence electrons. The van der Waals surface area contributed by atoms with Crippen LogP contribution >= 0.6 is 7.82 Å². The molecule has 0 saturated carbocycles. The van der Waals surface area contributed by atoms with E-state index in [4.69, 9.17) is 24.3 Å². The Kier molecular flexibility index (Phi) is 63.9. The number of phosphoric acid groups is 1. The van der Waals surface area contributed by atoms with E-state index in [0.717, 1.165) is 32.1 Å². The van der Waals surface area contributed by atoms with Crippen LogP contribution in [0.5, 0.6) is 0 Å². The van der Waals surface area contributed by atoms with E-state index < -0.39 is 26.5 Å². The molecule has 0 aromatic heterocycles. The second kappa shape index (κ2) is 64.9. The SMILES string of the molecule is CCCCCCCCCC/C=C\CCCCCCCCCCCCCCCCCCCC(=O)OC(COC(=O)CCCCCCCCCCCCCCCCCCCCCCCCCCCCCC)COP(=O)(O)OCCN. The second-order valence-corrected chi connectivity index (χ2v) is 25.2. The fourth-order valence-electron chi connectivity index (χ4n) is 10.8. The van der Waals surface area contributed by atoms with Gasteiger partial charge in [0.05, 0.1) is 13.2 Å². The summed E-state index contributed by atoms with van der Waals surface area (Å²) >= 11 is 0. The van der Waals surface area contributed by atoms with Crippen LogP contribution in [0.2, 0.25) is 0 Å². The van der Waals surface area contributed by atoms with Gasteiger partial charge in [0, 0.05) is 19.4 Å². The van der Waals surface area contributed by atoms with Crippen molar-refractivity contribution in [2.24, 2.45) is 5.73 Å². The van der Waals surface area contributed by atoms with Crippen LogP contribution in [0, 0.1) is 0 Å². The Bertz CT molecular complexity index is 1280. The summed E-state index contributed by atoms with van der Waals surface area (Å²) in [5.74, 6) is -0.800. The van der Waals surface area contributed by atoms with Gasteiger partial charge in [0.25, 0.3) is 0 Å². The van der Waals surface area contributed by atoms with Crippen molar-refractivity contribution in [1.82, 2.24) is 0 Å². The van der Waals surface area contributed by atoms with Crippen molar-refractivity contribution in [3.05, 3.63) is 12.2 Å². The molecule has 0 aromatic rings. The minimum Gasteiger partial charge on any atom is -0.462 e. The molecule has 0 rings (SSSR count). The van der Waals surface area contributed by atoms with Gasteiger partial charge in [-0.05, 0) is 38.5 Å². The van der Waals surface area contributed by atoms with Crippen molar-refractivity contribution in [3.63, 3.8) is 0 Å². The third kappa shape index (κ3) is 63.9. The van der Waals surface area contributed by atoms with Gasteiger partial charge in [-0.3, -0.25) is 18.6 Å². The lowest BCUT2D eigenvalue weighted by Crippen LogP contribution is -2.29. The first-order valence-electron chi connectivity index (χ1n) is 34.7. The average Bonchev–Trinajstić information content (AvgIpc) is 3.43. The molecule has 2 atom stereocenters. The fraction of sp³-hybridized carbons (Fsp3) is 0.941. The largest absolute Gasteiger partial charge is 0.472 e. The number of hydrogen-bond donors (Lipinski definition) is 2. The highest BCUT2D eigenvalue weighted by molar-refractivity contribution is 7.47. The topological polar surface area (TPSA) is 134 Å². The molecule has 0 bridgehead atoms. The number of carbonyl (C=O) groups is 2. The Balaban J connectivity index is 3.82. The molecule has 0 heterocycles. The molecule has 0 amide bonds. The molecule has 0 aromatic carbocycles. The van der Waals surface area contributed by atoms with Gasteiger partial charge in [0.1, 0.15) is 6.61 Å². The van der Waals surface area contributed by atoms with Gasteiger partial charge >= 0.3 is 19.8 Å². The maximum absolute atomic E-state index is 12.8. The lowest BCUT2D eigenvalue weighted by molar-refractivity contribution is -0.161. The fourth-order valence-corrected chi connectivity index (χ4v) is 11.5. The van der Waals surface area contributed by atoms with Crippen LogP contribution in [0.25, 0.3) is 0 Å². The molecule has 9 nitrogen and oxygen atoms in total. The van der Waals surface area contributed by atoms with E-state index in [-0.39, 0.29) is 38.6 Å². The highest BCUT2D eigenvalue weighted by atomic mass is 31.2. The molecule has 0 spiro atoms. The number of rotatable bonds is 67. The van der Waals surface area contributed by atoms with Gasteiger partial charge in [0.2, 0.25) is 0 Å². The molecule has 2 unspecified atom stereocenters. The molecule has 10 heteroatoms. The summed E-state index contributed by atoms with van der Waals surface area (Å²) in [5.41, 5.74) is 5.40. The maximum Gasteiger partial charge on any atom is 0.472 e. The highest BCUT2D eigenvalue weighted by Crippen LogP contribution is 2.43. The summed E-state index contributed by atoms with van der Waals surface area (Å²) in [4.78, 5) is 35.3. The Hall–Kier alpha value is -1.25. The standard InChI is InChI=1S/C68H134NO8P/c1-3-5-7-9-11-13-15-17-19-21-23-25-27-29-31-33-35-37-39-41-43-45-47-49-51-53-55-57-59-61-68(71)77-66(65-76-78(72,73)75-63-62-69)64-74-67(70)60-58-56-54-52-50-48-46-44-42-40-38-36-34-32-30-28-26-24-22-20-18-16-14-12-10-8-6-4-2/h21,23,66H,3-20,22,24-65,69H2,1-2H3,(H,72,73)/b23-21-. The van der Waals surface area contributed by atoms with Crippen LogP contribution in [-0.2, 0) is 32.7 Å². The highest BCUT2D eigenvalue weighted by Gasteiger charge is 2.26. The molecule has 3 N–H and O–H groups in total. The van der Waals surface area contributed by atoms with E-state index in [1.54, 1.807) is 0 Å². The number of unbranched alkanes of at least 4 members (excludes halogenated alkanes) is 52. The molecule has 0 fully saturated rings. The summed E-state index contributed by atoms with van der Waals surface area (Å²) < 4.78 is 33.2. The third-order valence-electron chi connectivity index (χ3n) is 15.9. The number of nitrogens with two attached hydrogens (primary N) is 1. The number of hydrogen-bond acceptors (Lipinski definition) is 8. The van der Waals surface area contributed by atoms with Gasteiger partial charge in [-0.1, -0.05) is 341 Å². The quantitative estimate of drug-likeness (QED) is 0.0264. The number of phosphoric ester groups is 1. The van der Waals surface area contributed by atoms with E-state index in [2.05, 4.69) is 26.0 Å². The molecular formula is C68H134NO8P. The van der Waals surface area contributed by atoms with Crippen molar-refractivity contribution < 1.29 is 37.6 Å². The Morgan fingerprint density at radius 1 is 0.372 bits per heavy atom. The smallest absolute Gasteiger partial charge is 0.462 e. The van der Waals surface area contributed by atoms with Crippen molar-refractivity contribution >= 4 is 19.8 Å². The summed E-state index contributed by atoms with van der Waals surface area (Å²) in [7, 11) is -4.39. The van der Waals surface area contributed by atoms with Gasteiger partial charge in [-0.25, -0.2) is 4.57 Å². The Labute approximate surface area is 485 Å². The van der Waals surface area contributed by atoms with E-state index in [1.807, 2.05) is 0 Å². The molecule has 0 saturated heterocycles. The summed E-state index contributed by atoms with van der Waals surface area (Å²) in [5, 5.41) is 0. The second-order valence-electron chi connectivity index (χ2n) is 23.8. The molecule has 0 aliphatic heterocycles. The van der Waals surface area contributed by atoms with Gasteiger partial charge in [-0.2, -0.15) is 0 Å². The normalized spacial score (nSPS) is 12.9. The van der Waals surface area contributed by atoms with Crippen LogP contribution < -0.4 is 5.73 Å². The number of ether oxygens (including phenoxy) is 2. The Morgan fingerprint density at radius 3 is 0.910 bits per heavy atom. The molecule has 0 aliphatic carbocycles. The first kappa shape index (κ1) is 76.8. The zero-order valence-corrected chi connectivity index (χ0v) is 53.1. The van der Waals surface area contributed by atoms with E-state index in [1.165, 1.54) is 315 Å². The lowest BCUT2D eigenvalue weighted by Gasteiger charge is -2.19. The van der Waals surface area contributed by atoms with Crippen LogP contribution in [0.15, 0.2) is 12.2 Å². The van der Waals surface area contributed by atoms with Crippen molar-refractivity contribution in [3.8, 4) is 0 Å². The Morgan fingerprint density at radius 2 is 0.628 bits per heavy atom. The van der Waals surface area contributed by atoms with Crippen molar-refractivity contribution in [2.45, 2.75) is 386 Å². The first-order valence-corrected chi connectivity index (χ1v) is 36.2. The first-order chi connectivity index (χ1) is 38.3. The molecular weight excluding hydrogens is 990 g/mol. The van der Waals surface area contributed by atoms with Gasteiger partial charge in [-0.15, -0.1) is 0 Å². The third-order valence-corrected chi connectivity index (χ3v) is 16.9. The number of allylic oxidation sites excluding steroid dienone is 2. The number of carbonyl (C=O) groups excluding carboxylic acids is 2. The molecule has 0 radical (unpaired) electrons. The van der Waals surface area contributed by atoms with E-state index in [9.17, 15) is 19.0 Å². The van der Waals surface area contributed by atoms with E-state index in [0.29, 0.717) is 6.42 Å². The number of esters is 2. The summed E-state index contributed by atoms with van der Waals surface area (Å²) in [6.45, 7) is 3.83. The maximum atomic E-state index is 12.8. The average molecular weight is 1120 g/mol.